The molecule has 1 aliphatic heterocycles. The fourth-order valence-electron chi connectivity index (χ4n) is 3.79. The lowest BCUT2D eigenvalue weighted by Gasteiger charge is -2.38. The Bertz CT molecular complexity index is 521. The van der Waals surface area contributed by atoms with Crippen molar-refractivity contribution in [1.82, 2.24) is 25.4 Å². The van der Waals surface area contributed by atoms with Gasteiger partial charge in [0.15, 0.2) is 0 Å². The summed E-state index contributed by atoms with van der Waals surface area (Å²) in [5.41, 5.74) is 0. The topological polar surface area (TPSA) is 81.1 Å². The first-order chi connectivity index (χ1) is 12.3. The molecule has 1 saturated carbocycles. The summed E-state index contributed by atoms with van der Waals surface area (Å²) >= 11 is 2.03. The number of ether oxygens (including phenoxy) is 1. The number of amides is 1. The first-order valence-electron chi connectivity index (χ1n) is 9.23. The number of nitrogens with zero attached hydrogens (tertiary/aromatic N) is 3. The molecule has 1 aliphatic carbocycles. The van der Waals surface area contributed by atoms with Gasteiger partial charge in [0.05, 0.1) is 12.6 Å². The van der Waals surface area contributed by atoms with Gasteiger partial charge in [0.2, 0.25) is 5.91 Å². The monoisotopic (exact) mass is 367 g/mol. The maximum atomic E-state index is 12.5. The van der Waals surface area contributed by atoms with Gasteiger partial charge < -0.3 is 15.4 Å². The van der Waals surface area contributed by atoms with Gasteiger partial charge in [-0.15, -0.1) is 0 Å². The second-order valence-corrected chi connectivity index (χ2v) is 8.12. The Labute approximate surface area is 153 Å². The van der Waals surface area contributed by atoms with E-state index < -0.39 is 0 Å². The van der Waals surface area contributed by atoms with Gasteiger partial charge in [-0.05, 0) is 43.6 Å². The molecule has 2 N–H and O–H groups in total. The molecule has 25 heavy (non-hydrogen) atoms. The first kappa shape index (κ1) is 18.7. The highest BCUT2D eigenvalue weighted by Gasteiger charge is 2.35. The molecule has 2 heterocycles. The van der Waals surface area contributed by atoms with Gasteiger partial charge in [-0.25, -0.2) is 4.98 Å². The van der Waals surface area contributed by atoms with Gasteiger partial charge in [-0.2, -0.15) is 16.9 Å². The second kappa shape index (κ2) is 9.54. The molecule has 140 valence electrons. The normalized spacial score (nSPS) is 28.0. The van der Waals surface area contributed by atoms with E-state index in [1.807, 2.05) is 11.8 Å². The molecule has 0 aromatic carbocycles. The Morgan fingerprint density at radius 1 is 1.32 bits per heavy atom. The third kappa shape index (κ3) is 5.43. The van der Waals surface area contributed by atoms with E-state index in [1.54, 1.807) is 18.1 Å². The first-order valence-corrected chi connectivity index (χ1v) is 10.4. The van der Waals surface area contributed by atoms with E-state index >= 15 is 0 Å². The van der Waals surface area contributed by atoms with Gasteiger partial charge >= 0.3 is 0 Å². The fourth-order valence-corrected chi connectivity index (χ4v) is 4.90. The van der Waals surface area contributed by atoms with E-state index in [9.17, 15) is 4.79 Å². The molecule has 2 fully saturated rings. The molecule has 0 bridgehead atoms. The standard InChI is InChI=1S/C17H29N5O2S/c1-24-16-3-2-13(10-15(16)21-14-4-8-25-9-5-14)17(23)19-6-7-22-12-18-11-20-22/h11-16,21H,2-10H2,1H3,(H,19,23)/t13-,15+,16+/m0/s1. The molecular formula is C17H29N5O2S. The van der Waals surface area contributed by atoms with Gasteiger partial charge in [-0.1, -0.05) is 0 Å². The van der Waals surface area contributed by atoms with Crippen LogP contribution < -0.4 is 10.6 Å². The number of carbonyl (C=O) groups excluding carboxylic acids is 1. The van der Waals surface area contributed by atoms with Crippen molar-refractivity contribution in [3.05, 3.63) is 12.7 Å². The number of hydrogen-bond acceptors (Lipinski definition) is 6. The van der Waals surface area contributed by atoms with Crippen LogP contribution in [-0.4, -0.2) is 64.0 Å². The quantitative estimate of drug-likeness (QED) is 0.750. The van der Waals surface area contributed by atoms with E-state index in [-0.39, 0.29) is 24.0 Å². The predicted molar refractivity (Wildman–Crippen MR) is 98.4 cm³/mol. The molecule has 0 spiro atoms. The Balaban J connectivity index is 1.47. The highest BCUT2D eigenvalue weighted by atomic mass is 32.2. The van der Waals surface area contributed by atoms with Crippen LogP contribution >= 0.6 is 11.8 Å². The SMILES string of the molecule is CO[C@@H]1CC[C@H](C(=O)NCCn2cncn2)C[C@H]1NC1CCSCC1. The zero-order valence-corrected chi connectivity index (χ0v) is 15.7. The number of methoxy groups -OCH3 is 1. The van der Waals surface area contributed by atoms with E-state index in [0.717, 1.165) is 19.3 Å². The molecule has 7 nitrogen and oxygen atoms in total. The molecule has 0 radical (unpaired) electrons. The summed E-state index contributed by atoms with van der Waals surface area (Å²) in [5.74, 6) is 2.68. The number of thioether (sulfide) groups is 1. The minimum Gasteiger partial charge on any atom is -0.380 e. The number of rotatable bonds is 7. The summed E-state index contributed by atoms with van der Waals surface area (Å²) in [5, 5.41) is 10.9. The predicted octanol–water partition coefficient (Wildman–Crippen LogP) is 1.06. The average Bonchev–Trinajstić information content (AvgIpc) is 3.16. The van der Waals surface area contributed by atoms with Crippen molar-refractivity contribution in [2.45, 2.75) is 56.8 Å². The minimum absolute atomic E-state index is 0.0672. The van der Waals surface area contributed by atoms with E-state index in [1.165, 1.54) is 30.7 Å². The molecule has 0 unspecified atom stereocenters. The van der Waals surface area contributed by atoms with Crippen molar-refractivity contribution in [2.24, 2.45) is 5.92 Å². The fraction of sp³-hybridized carbons (Fsp3) is 0.824. The Morgan fingerprint density at radius 2 is 2.16 bits per heavy atom. The molecule has 1 aromatic heterocycles. The molecule has 2 aliphatic rings. The summed E-state index contributed by atoms with van der Waals surface area (Å²) in [6.07, 6.45) is 8.51. The van der Waals surface area contributed by atoms with Crippen LogP contribution in [-0.2, 0) is 16.1 Å². The summed E-state index contributed by atoms with van der Waals surface area (Å²) in [7, 11) is 1.79. The Kier molecular flexibility index (Phi) is 7.12. The van der Waals surface area contributed by atoms with Crippen LogP contribution in [0.1, 0.15) is 32.1 Å². The van der Waals surface area contributed by atoms with Gasteiger partial charge in [0.1, 0.15) is 12.7 Å². The van der Waals surface area contributed by atoms with Crippen LogP contribution in [0.4, 0.5) is 0 Å². The number of hydrogen-bond donors (Lipinski definition) is 2. The van der Waals surface area contributed by atoms with Crippen molar-refractivity contribution in [3.63, 3.8) is 0 Å². The number of aromatic nitrogens is 3. The van der Waals surface area contributed by atoms with Crippen LogP contribution in [0.5, 0.6) is 0 Å². The summed E-state index contributed by atoms with van der Waals surface area (Å²) < 4.78 is 7.42. The van der Waals surface area contributed by atoms with Crippen LogP contribution in [0.3, 0.4) is 0 Å². The lowest BCUT2D eigenvalue weighted by atomic mass is 9.82. The van der Waals surface area contributed by atoms with Gasteiger partial charge in [0.25, 0.3) is 0 Å². The van der Waals surface area contributed by atoms with Crippen molar-refractivity contribution < 1.29 is 9.53 Å². The summed E-state index contributed by atoms with van der Waals surface area (Å²) in [6.45, 7) is 1.24. The molecule has 3 atom stereocenters. The molecule has 3 rings (SSSR count). The second-order valence-electron chi connectivity index (χ2n) is 6.89. The van der Waals surface area contributed by atoms with Gasteiger partial charge in [0, 0.05) is 31.7 Å². The van der Waals surface area contributed by atoms with E-state index in [4.69, 9.17) is 4.74 Å². The third-order valence-corrected chi connectivity index (χ3v) is 6.29. The van der Waals surface area contributed by atoms with Crippen molar-refractivity contribution in [2.75, 3.05) is 25.2 Å². The molecular weight excluding hydrogens is 338 g/mol. The molecule has 1 amide bonds. The van der Waals surface area contributed by atoms with Crippen molar-refractivity contribution in [3.8, 4) is 0 Å². The average molecular weight is 368 g/mol. The molecule has 1 saturated heterocycles. The van der Waals surface area contributed by atoms with Crippen LogP contribution in [0, 0.1) is 5.92 Å². The minimum atomic E-state index is 0.0672. The lowest BCUT2D eigenvalue weighted by Crippen LogP contribution is -2.52. The van der Waals surface area contributed by atoms with E-state index in [0.29, 0.717) is 19.1 Å². The summed E-state index contributed by atoms with van der Waals surface area (Å²) in [4.78, 5) is 16.4. The Morgan fingerprint density at radius 3 is 2.88 bits per heavy atom. The maximum absolute atomic E-state index is 12.5. The highest BCUT2D eigenvalue weighted by molar-refractivity contribution is 7.99. The number of carbonyl (C=O) groups is 1. The Hall–Kier alpha value is -1.12. The third-order valence-electron chi connectivity index (χ3n) is 5.24. The highest BCUT2D eigenvalue weighted by Crippen LogP contribution is 2.28. The van der Waals surface area contributed by atoms with Crippen LogP contribution in [0.2, 0.25) is 0 Å². The zero-order chi connectivity index (χ0) is 17.5. The maximum Gasteiger partial charge on any atom is 0.223 e. The van der Waals surface area contributed by atoms with Crippen molar-refractivity contribution >= 4 is 17.7 Å². The molecule has 8 heteroatoms. The summed E-state index contributed by atoms with van der Waals surface area (Å²) in [6, 6.07) is 0.843. The van der Waals surface area contributed by atoms with Gasteiger partial charge in [-0.3, -0.25) is 9.48 Å². The van der Waals surface area contributed by atoms with Crippen molar-refractivity contribution in [1.29, 1.82) is 0 Å². The molecule has 1 aromatic rings. The smallest absolute Gasteiger partial charge is 0.223 e. The lowest BCUT2D eigenvalue weighted by molar-refractivity contribution is -0.127. The zero-order valence-electron chi connectivity index (χ0n) is 14.9. The number of nitrogens with one attached hydrogen (secondary N) is 2. The van der Waals surface area contributed by atoms with E-state index in [2.05, 4.69) is 20.7 Å². The van der Waals surface area contributed by atoms with Crippen LogP contribution in [0.25, 0.3) is 0 Å². The van der Waals surface area contributed by atoms with Crippen LogP contribution in [0.15, 0.2) is 12.7 Å². The largest absolute Gasteiger partial charge is 0.380 e.